The molecule has 0 aliphatic rings. The number of carbonyl (C=O) groups is 2. The summed E-state index contributed by atoms with van der Waals surface area (Å²) in [5.41, 5.74) is 0.403. The molecule has 0 aromatic carbocycles. The Hall–Kier alpha value is -1.98. The first kappa shape index (κ1) is 11.1. The zero-order valence-corrected chi connectivity index (χ0v) is 8.36. The number of aromatic nitrogens is 2. The Morgan fingerprint density at radius 1 is 1.20 bits per heavy atom. The van der Waals surface area contributed by atoms with E-state index < -0.39 is 0 Å². The van der Waals surface area contributed by atoms with Gasteiger partial charge in [0.05, 0.1) is 5.56 Å². The molecule has 0 aliphatic heterocycles. The molecule has 1 aromatic heterocycles. The van der Waals surface area contributed by atoms with E-state index in [1.165, 1.54) is 25.6 Å². The van der Waals surface area contributed by atoms with Crippen molar-refractivity contribution in [1.29, 1.82) is 0 Å². The van der Waals surface area contributed by atoms with Gasteiger partial charge in [0, 0.05) is 32.4 Å². The fraction of sp³-hybridized carbons (Fsp3) is 0.333. The van der Waals surface area contributed by atoms with Gasteiger partial charge in [0.2, 0.25) is 5.91 Å². The van der Waals surface area contributed by atoms with Crippen LogP contribution in [0.2, 0.25) is 0 Å². The molecule has 0 atom stereocenters. The van der Waals surface area contributed by atoms with E-state index in [2.05, 4.69) is 20.6 Å². The largest absolute Gasteiger partial charge is 0.355 e. The van der Waals surface area contributed by atoms with Crippen molar-refractivity contribution in [3.8, 4) is 0 Å². The number of rotatable bonds is 4. The smallest absolute Gasteiger partial charge is 0.254 e. The van der Waals surface area contributed by atoms with Crippen molar-refractivity contribution < 1.29 is 9.59 Å². The highest BCUT2D eigenvalue weighted by Crippen LogP contribution is 1.91. The van der Waals surface area contributed by atoms with Gasteiger partial charge in [-0.15, -0.1) is 0 Å². The molecule has 0 saturated heterocycles. The minimum atomic E-state index is -0.249. The summed E-state index contributed by atoms with van der Waals surface area (Å²) in [6.07, 6.45) is 4.22. The highest BCUT2D eigenvalue weighted by Gasteiger charge is 2.03. The highest BCUT2D eigenvalue weighted by molar-refractivity contribution is 5.93. The molecule has 6 nitrogen and oxygen atoms in total. The summed E-state index contributed by atoms with van der Waals surface area (Å²) in [6, 6.07) is 0. The zero-order valence-electron chi connectivity index (χ0n) is 8.36. The molecular formula is C9H12N4O2. The van der Waals surface area contributed by atoms with Crippen molar-refractivity contribution in [2.75, 3.05) is 13.1 Å². The molecule has 1 aromatic rings. The third-order valence-corrected chi connectivity index (χ3v) is 1.61. The van der Waals surface area contributed by atoms with Gasteiger partial charge < -0.3 is 10.6 Å². The summed E-state index contributed by atoms with van der Waals surface area (Å²) >= 11 is 0. The topological polar surface area (TPSA) is 84.0 Å². The minimum absolute atomic E-state index is 0.118. The first-order valence-corrected chi connectivity index (χ1v) is 4.48. The highest BCUT2D eigenvalue weighted by atomic mass is 16.2. The Morgan fingerprint density at radius 3 is 2.40 bits per heavy atom. The van der Waals surface area contributed by atoms with Crippen LogP contribution in [-0.2, 0) is 4.79 Å². The van der Waals surface area contributed by atoms with Gasteiger partial charge in [0.15, 0.2) is 0 Å². The quantitative estimate of drug-likeness (QED) is 0.643. The van der Waals surface area contributed by atoms with Crippen LogP contribution in [0.4, 0.5) is 0 Å². The molecule has 0 radical (unpaired) electrons. The molecule has 6 heteroatoms. The van der Waals surface area contributed by atoms with E-state index in [-0.39, 0.29) is 11.8 Å². The maximum absolute atomic E-state index is 11.4. The number of hydrogen-bond acceptors (Lipinski definition) is 4. The number of nitrogens with zero attached hydrogens (tertiary/aromatic N) is 2. The van der Waals surface area contributed by atoms with Crippen molar-refractivity contribution in [1.82, 2.24) is 20.6 Å². The van der Waals surface area contributed by atoms with Crippen LogP contribution in [0.15, 0.2) is 18.7 Å². The molecule has 1 heterocycles. The Kier molecular flexibility index (Phi) is 4.21. The van der Waals surface area contributed by atoms with Gasteiger partial charge in [-0.1, -0.05) is 0 Å². The number of amides is 2. The molecular weight excluding hydrogens is 196 g/mol. The summed E-state index contributed by atoms with van der Waals surface area (Å²) < 4.78 is 0. The molecule has 0 spiro atoms. The lowest BCUT2D eigenvalue weighted by Crippen LogP contribution is -2.33. The summed E-state index contributed by atoms with van der Waals surface area (Å²) in [5.74, 6) is -0.367. The van der Waals surface area contributed by atoms with E-state index >= 15 is 0 Å². The second kappa shape index (κ2) is 5.69. The van der Waals surface area contributed by atoms with Gasteiger partial charge in [-0.2, -0.15) is 0 Å². The third-order valence-electron chi connectivity index (χ3n) is 1.61. The monoisotopic (exact) mass is 208 g/mol. The lowest BCUT2D eigenvalue weighted by molar-refractivity contribution is -0.118. The summed E-state index contributed by atoms with van der Waals surface area (Å²) in [4.78, 5) is 29.3. The van der Waals surface area contributed by atoms with Crippen LogP contribution >= 0.6 is 0 Å². The van der Waals surface area contributed by atoms with Gasteiger partial charge in [-0.3, -0.25) is 9.59 Å². The average molecular weight is 208 g/mol. The summed E-state index contributed by atoms with van der Waals surface area (Å²) in [5, 5.41) is 5.19. The molecule has 80 valence electrons. The summed E-state index contributed by atoms with van der Waals surface area (Å²) in [7, 11) is 0. The molecule has 0 aliphatic carbocycles. The lowest BCUT2D eigenvalue weighted by atomic mass is 10.3. The van der Waals surface area contributed by atoms with Crippen LogP contribution in [0.25, 0.3) is 0 Å². The molecule has 0 saturated carbocycles. The fourth-order valence-electron chi connectivity index (χ4n) is 0.933. The molecule has 0 fully saturated rings. The van der Waals surface area contributed by atoms with Crippen LogP contribution in [0, 0.1) is 0 Å². The van der Waals surface area contributed by atoms with E-state index in [0.29, 0.717) is 18.7 Å². The SMILES string of the molecule is CC(=O)NCCNC(=O)c1cncnc1. The Morgan fingerprint density at radius 2 is 1.80 bits per heavy atom. The van der Waals surface area contributed by atoms with Crippen molar-refractivity contribution in [3.05, 3.63) is 24.3 Å². The van der Waals surface area contributed by atoms with Crippen LogP contribution < -0.4 is 10.6 Å². The van der Waals surface area contributed by atoms with Crippen molar-refractivity contribution in [2.45, 2.75) is 6.92 Å². The standard InChI is InChI=1S/C9H12N4O2/c1-7(14)12-2-3-13-9(15)8-4-10-6-11-5-8/h4-6H,2-3H2,1H3,(H,12,14)(H,13,15). The molecule has 0 unspecified atom stereocenters. The predicted octanol–water partition coefficient (Wildman–Crippen LogP) is -0.657. The Bertz CT molecular complexity index is 339. The van der Waals surface area contributed by atoms with Crippen molar-refractivity contribution in [3.63, 3.8) is 0 Å². The summed E-state index contributed by atoms with van der Waals surface area (Å²) in [6.45, 7) is 2.22. The second-order valence-electron chi connectivity index (χ2n) is 2.87. The Balaban J connectivity index is 2.28. The van der Waals surface area contributed by atoms with Crippen molar-refractivity contribution in [2.24, 2.45) is 0 Å². The van der Waals surface area contributed by atoms with E-state index in [0.717, 1.165) is 0 Å². The van der Waals surface area contributed by atoms with Gasteiger partial charge >= 0.3 is 0 Å². The first-order chi connectivity index (χ1) is 7.20. The average Bonchev–Trinajstić information content (AvgIpc) is 2.25. The van der Waals surface area contributed by atoms with Gasteiger partial charge in [-0.05, 0) is 0 Å². The maximum atomic E-state index is 11.4. The van der Waals surface area contributed by atoms with E-state index in [9.17, 15) is 9.59 Å². The van der Waals surface area contributed by atoms with Crippen LogP contribution in [-0.4, -0.2) is 34.9 Å². The van der Waals surface area contributed by atoms with E-state index in [1.807, 2.05) is 0 Å². The number of hydrogen-bond donors (Lipinski definition) is 2. The van der Waals surface area contributed by atoms with Crippen LogP contribution in [0.5, 0.6) is 0 Å². The lowest BCUT2D eigenvalue weighted by Gasteiger charge is -2.04. The number of carbonyl (C=O) groups excluding carboxylic acids is 2. The van der Waals surface area contributed by atoms with E-state index in [4.69, 9.17) is 0 Å². The van der Waals surface area contributed by atoms with Crippen molar-refractivity contribution >= 4 is 11.8 Å². The van der Waals surface area contributed by atoms with Gasteiger partial charge in [-0.25, -0.2) is 9.97 Å². The number of nitrogens with one attached hydrogen (secondary N) is 2. The fourth-order valence-corrected chi connectivity index (χ4v) is 0.933. The van der Waals surface area contributed by atoms with Crippen LogP contribution in [0.3, 0.4) is 0 Å². The molecule has 1 rings (SSSR count). The molecule has 15 heavy (non-hydrogen) atoms. The minimum Gasteiger partial charge on any atom is -0.355 e. The van der Waals surface area contributed by atoms with Gasteiger partial charge in [0.1, 0.15) is 6.33 Å². The van der Waals surface area contributed by atoms with E-state index in [1.54, 1.807) is 0 Å². The maximum Gasteiger partial charge on any atom is 0.254 e. The Labute approximate surface area is 87.1 Å². The second-order valence-corrected chi connectivity index (χ2v) is 2.87. The molecule has 2 amide bonds. The molecule has 0 bridgehead atoms. The molecule has 2 N–H and O–H groups in total. The zero-order chi connectivity index (χ0) is 11.1. The van der Waals surface area contributed by atoms with Crippen LogP contribution in [0.1, 0.15) is 17.3 Å². The van der Waals surface area contributed by atoms with Gasteiger partial charge in [0.25, 0.3) is 5.91 Å². The first-order valence-electron chi connectivity index (χ1n) is 4.48. The normalized spacial score (nSPS) is 9.40. The third kappa shape index (κ3) is 4.17. The predicted molar refractivity (Wildman–Crippen MR) is 53.0 cm³/mol.